The quantitative estimate of drug-likeness (QED) is 0.783. The second-order valence-electron chi connectivity index (χ2n) is 3.40. The van der Waals surface area contributed by atoms with Gasteiger partial charge in [-0.1, -0.05) is 23.3 Å². The van der Waals surface area contributed by atoms with Gasteiger partial charge in [0.1, 0.15) is 0 Å². The Morgan fingerprint density at radius 2 is 2.29 bits per heavy atom. The van der Waals surface area contributed by atoms with Crippen LogP contribution in [0.1, 0.15) is 12.0 Å². The third kappa shape index (κ3) is 2.49. The Bertz CT molecular complexity index is 366. The normalized spacial score (nSPS) is 19.1. The van der Waals surface area contributed by atoms with Crippen LogP contribution < -0.4 is 5.32 Å². The molecular weight excluding hydrogens is 308 g/mol. The Labute approximate surface area is 103 Å². The molecule has 0 amide bonds. The first kappa shape index (κ1) is 10.5. The van der Waals surface area contributed by atoms with E-state index in [9.17, 15) is 0 Å². The van der Waals surface area contributed by atoms with Crippen molar-refractivity contribution in [1.29, 1.82) is 0 Å². The maximum absolute atomic E-state index is 5.95. The molecule has 0 aliphatic carbocycles. The van der Waals surface area contributed by atoms with Crippen LogP contribution in [-0.4, -0.2) is 13.1 Å². The fraction of sp³-hybridized carbons (Fsp3) is 0.273. The van der Waals surface area contributed by atoms with E-state index in [0.717, 1.165) is 24.5 Å². The fourth-order valence-corrected chi connectivity index (χ4v) is 2.23. The number of halogens is 2. The first-order valence-corrected chi connectivity index (χ1v) is 6.06. The molecule has 0 atom stereocenters. The van der Waals surface area contributed by atoms with Crippen molar-refractivity contribution in [2.45, 2.75) is 6.42 Å². The van der Waals surface area contributed by atoms with E-state index in [1.807, 2.05) is 12.1 Å². The summed E-state index contributed by atoms with van der Waals surface area (Å²) in [5.41, 5.74) is 2.70. The SMILES string of the molecule is Clc1ccc(I)c(/C=C2/CCNC2)c1. The van der Waals surface area contributed by atoms with E-state index in [4.69, 9.17) is 11.6 Å². The van der Waals surface area contributed by atoms with Crippen molar-refractivity contribution in [3.05, 3.63) is 37.9 Å². The van der Waals surface area contributed by atoms with Crippen molar-refractivity contribution < 1.29 is 0 Å². The summed E-state index contributed by atoms with van der Waals surface area (Å²) in [5, 5.41) is 4.13. The number of rotatable bonds is 1. The van der Waals surface area contributed by atoms with Crippen molar-refractivity contribution in [2.75, 3.05) is 13.1 Å². The molecule has 1 N–H and O–H groups in total. The van der Waals surface area contributed by atoms with Crippen LogP contribution in [0.2, 0.25) is 5.02 Å². The van der Waals surface area contributed by atoms with Crippen LogP contribution in [0, 0.1) is 3.57 Å². The predicted molar refractivity (Wildman–Crippen MR) is 69.6 cm³/mol. The van der Waals surface area contributed by atoms with Crippen LogP contribution in [0.5, 0.6) is 0 Å². The summed E-state index contributed by atoms with van der Waals surface area (Å²) in [6.07, 6.45) is 3.40. The van der Waals surface area contributed by atoms with Crippen LogP contribution in [0.4, 0.5) is 0 Å². The van der Waals surface area contributed by atoms with Crippen molar-refractivity contribution in [3.63, 3.8) is 0 Å². The molecular formula is C11H11ClIN. The maximum atomic E-state index is 5.95. The number of hydrogen-bond acceptors (Lipinski definition) is 1. The maximum Gasteiger partial charge on any atom is 0.0412 e. The van der Waals surface area contributed by atoms with Crippen molar-refractivity contribution in [1.82, 2.24) is 5.32 Å². The Morgan fingerprint density at radius 3 is 3.00 bits per heavy atom. The van der Waals surface area contributed by atoms with Gasteiger partial charge in [0.05, 0.1) is 0 Å². The Kier molecular flexibility index (Phi) is 3.47. The number of nitrogens with one attached hydrogen (secondary N) is 1. The van der Waals surface area contributed by atoms with Crippen LogP contribution >= 0.6 is 34.2 Å². The van der Waals surface area contributed by atoms with E-state index in [0.29, 0.717) is 0 Å². The summed E-state index contributed by atoms with van der Waals surface area (Å²) in [4.78, 5) is 0. The Hall–Kier alpha value is -0.0600. The average Bonchev–Trinajstić information content (AvgIpc) is 2.64. The zero-order valence-corrected chi connectivity index (χ0v) is 10.6. The molecule has 0 spiro atoms. The Balaban J connectivity index is 2.31. The van der Waals surface area contributed by atoms with Gasteiger partial charge in [-0.15, -0.1) is 0 Å². The molecule has 0 saturated carbocycles. The fourth-order valence-electron chi connectivity index (χ4n) is 1.55. The topological polar surface area (TPSA) is 12.0 Å². The van der Waals surface area contributed by atoms with Crippen molar-refractivity contribution in [2.24, 2.45) is 0 Å². The van der Waals surface area contributed by atoms with E-state index < -0.39 is 0 Å². The van der Waals surface area contributed by atoms with Gasteiger partial charge in [-0.25, -0.2) is 0 Å². The van der Waals surface area contributed by atoms with Gasteiger partial charge < -0.3 is 5.32 Å². The van der Waals surface area contributed by atoms with Crippen LogP contribution in [0.15, 0.2) is 23.8 Å². The Morgan fingerprint density at radius 1 is 1.43 bits per heavy atom. The van der Waals surface area contributed by atoms with Gasteiger partial charge >= 0.3 is 0 Å². The molecule has 14 heavy (non-hydrogen) atoms. The minimum absolute atomic E-state index is 0.809. The molecule has 1 fully saturated rings. The predicted octanol–water partition coefficient (Wildman–Crippen LogP) is 3.32. The third-order valence-corrected chi connectivity index (χ3v) is 3.51. The molecule has 0 bridgehead atoms. The van der Waals surface area contributed by atoms with E-state index in [1.54, 1.807) is 0 Å². The lowest BCUT2D eigenvalue weighted by Gasteiger charge is -2.01. The van der Waals surface area contributed by atoms with Crippen LogP contribution in [-0.2, 0) is 0 Å². The highest BCUT2D eigenvalue weighted by Crippen LogP contribution is 2.21. The lowest BCUT2D eigenvalue weighted by Crippen LogP contribution is -2.04. The zero-order valence-electron chi connectivity index (χ0n) is 7.69. The third-order valence-electron chi connectivity index (χ3n) is 2.29. The van der Waals surface area contributed by atoms with E-state index in [-0.39, 0.29) is 0 Å². The van der Waals surface area contributed by atoms with Gasteiger partial charge in [0.2, 0.25) is 0 Å². The molecule has 1 aromatic carbocycles. The molecule has 1 aliphatic rings. The first-order chi connectivity index (χ1) is 6.75. The summed E-state index contributed by atoms with van der Waals surface area (Å²) < 4.78 is 1.26. The summed E-state index contributed by atoms with van der Waals surface area (Å²) >= 11 is 8.29. The molecule has 2 rings (SSSR count). The summed E-state index contributed by atoms with van der Waals surface area (Å²) in [6.45, 7) is 2.12. The summed E-state index contributed by atoms with van der Waals surface area (Å²) in [6, 6.07) is 6.00. The molecule has 1 nitrogen and oxygen atoms in total. The van der Waals surface area contributed by atoms with Gasteiger partial charge in [-0.2, -0.15) is 0 Å². The van der Waals surface area contributed by atoms with E-state index in [2.05, 4.69) is 40.1 Å². The van der Waals surface area contributed by atoms with Gasteiger partial charge in [-0.05, 0) is 59.3 Å². The number of hydrogen-bond donors (Lipinski definition) is 1. The lowest BCUT2D eigenvalue weighted by molar-refractivity contribution is 0.862. The van der Waals surface area contributed by atoms with E-state index >= 15 is 0 Å². The van der Waals surface area contributed by atoms with Crippen LogP contribution in [0.3, 0.4) is 0 Å². The highest BCUT2D eigenvalue weighted by molar-refractivity contribution is 14.1. The van der Waals surface area contributed by atoms with Gasteiger partial charge in [0.25, 0.3) is 0 Å². The smallest absolute Gasteiger partial charge is 0.0412 e. The van der Waals surface area contributed by atoms with Crippen molar-refractivity contribution >= 4 is 40.3 Å². The summed E-state index contributed by atoms with van der Waals surface area (Å²) in [5.74, 6) is 0. The second-order valence-corrected chi connectivity index (χ2v) is 4.99. The first-order valence-electron chi connectivity index (χ1n) is 4.61. The van der Waals surface area contributed by atoms with Gasteiger partial charge in [0, 0.05) is 15.1 Å². The molecule has 1 saturated heterocycles. The molecule has 74 valence electrons. The van der Waals surface area contributed by atoms with Gasteiger partial charge in [0.15, 0.2) is 0 Å². The summed E-state index contributed by atoms with van der Waals surface area (Å²) in [7, 11) is 0. The molecule has 0 aromatic heterocycles. The molecule has 1 heterocycles. The molecule has 1 aromatic rings. The molecule has 3 heteroatoms. The van der Waals surface area contributed by atoms with Gasteiger partial charge in [-0.3, -0.25) is 0 Å². The van der Waals surface area contributed by atoms with E-state index in [1.165, 1.54) is 14.7 Å². The lowest BCUT2D eigenvalue weighted by atomic mass is 10.1. The largest absolute Gasteiger partial charge is 0.313 e. The zero-order chi connectivity index (χ0) is 9.97. The second kappa shape index (κ2) is 4.64. The molecule has 1 aliphatic heterocycles. The standard InChI is InChI=1S/C11H11ClIN/c12-10-1-2-11(13)9(6-10)5-8-3-4-14-7-8/h1-2,5-6,14H,3-4,7H2/b8-5-. The van der Waals surface area contributed by atoms with Crippen LogP contribution in [0.25, 0.3) is 6.08 Å². The minimum atomic E-state index is 0.809. The highest BCUT2D eigenvalue weighted by atomic mass is 127. The average molecular weight is 320 g/mol. The number of benzene rings is 1. The van der Waals surface area contributed by atoms with Crippen molar-refractivity contribution in [3.8, 4) is 0 Å². The molecule has 0 unspecified atom stereocenters. The highest BCUT2D eigenvalue weighted by Gasteiger charge is 2.06. The minimum Gasteiger partial charge on any atom is -0.313 e. The monoisotopic (exact) mass is 319 g/mol. The molecule has 0 radical (unpaired) electrons.